The van der Waals surface area contributed by atoms with Crippen LogP contribution in [0.2, 0.25) is 0 Å². The molecule has 3 nitrogen and oxygen atoms in total. The van der Waals surface area contributed by atoms with Crippen LogP contribution in [0.15, 0.2) is 48.5 Å². The van der Waals surface area contributed by atoms with Crippen molar-refractivity contribution < 1.29 is 4.79 Å². The van der Waals surface area contributed by atoms with E-state index in [0.29, 0.717) is 6.42 Å². The summed E-state index contributed by atoms with van der Waals surface area (Å²) >= 11 is 0. The number of carbonyl (C=O) groups excluding carboxylic acids is 1. The summed E-state index contributed by atoms with van der Waals surface area (Å²) < 4.78 is 0. The fourth-order valence-corrected chi connectivity index (χ4v) is 1.61. The zero-order valence-electron chi connectivity index (χ0n) is 9.02. The Labute approximate surface area is 94.9 Å². The molecule has 16 heavy (non-hydrogen) atoms. The van der Waals surface area contributed by atoms with E-state index in [-0.39, 0.29) is 5.91 Å². The van der Waals surface area contributed by atoms with E-state index >= 15 is 0 Å². The second-order valence-electron chi connectivity index (χ2n) is 3.73. The molecule has 0 unspecified atom stereocenters. The predicted octanol–water partition coefficient (Wildman–Crippen LogP) is 1.97. The molecule has 0 atom stereocenters. The van der Waals surface area contributed by atoms with Gasteiger partial charge in [-0.25, -0.2) is 0 Å². The minimum Gasteiger partial charge on any atom is -0.330 e. The molecule has 0 aliphatic carbocycles. The van der Waals surface area contributed by atoms with E-state index in [2.05, 4.69) is 10.3 Å². The Bertz CT molecular complexity index is 421. The Balaban J connectivity index is 1.93. The second kappa shape index (κ2) is 5.26. The van der Waals surface area contributed by atoms with Crippen LogP contribution in [-0.2, 0) is 11.2 Å². The molecule has 1 aliphatic heterocycles. The number of hydrogen-bond acceptors (Lipinski definition) is 2. The van der Waals surface area contributed by atoms with Crippen molar-refractivity contribution in [2.45, 2.75) is 19.3 Å². The number of allylic oxidation sites excluding steroid dienone is 3. The lowest BCUT2D eigenvalue weighted by Gasteiger charge is -2.07. The molecule has 1 aliphatic rings. The average molecular weight is 214 g/mol. The summed E-state index contributed by atoms with van der Waals surface area (Å²) in [5, 5.41) is 2.89. The van der Waals surface area contributed by atoms with Gasteiger partial charge in [0.05, 0.1) is 0 Å². The van der Waals surface area contributed by atoms with Crippen LogP contribution in [0.4, 0.5) is 0 Å². The van der Waals surface area contributed by atoms with Gasteiger partial charge in [-0.3, -0.25) is 9.78 Å². The van der Waals surface area contributed by atoms with Gasteiger partial charge in [0.15, 0.2) is 0 Å². The third-order valence-corrected chi connectivity index (χ3v) is 2.47. The maximum Gasteiger partial charge on any atom is 0.227 e. The van der Waals surface area contributed by atoms with Gasteiger partial charge in [0.2, 0.25) is 5.91 Å². The highest BCUT2D eigenvalue weighted by molar-refractivity contribution is 5.79. The molecule has 2 rings (SSSR count). The van der Waals surface area contributed by atoms with Crippen LogP contribution in [0.5, 0.6) is 0 Å². The van der Waals surface area contributed by atoms with Gasteiger partial charge in [0, 0.05) is 24.5 Å². The van der Waals surface area contributed by atoms with Crippen molar-refractivity contribution in [2.75, 3.05) is 0 Å². The zero-order chi connectivity index (χ0) is 11.2. The van der Waals surface area contributed by atoms with Gasteiger partial charge in [0.25, 0.3) is 0 Å². The Morgan fingerprint density at radius 2 is 2.06 bits per heavy atom. The van der Waals surface area contributed by atoms with Crippen LogP contribution in [-0.4, -0.2) is 10.9 Å². The third-order valence-electron chi connectivity index (χ3n) is 2.47. The molecule has 3 heteroatoms. The lowest BCUT2D eigenvalue weighted by Crippen LogP contribution is -2.21. The van der Waals surface area contributed by atoms with Gasteiger partial charge in [0.1, 0.15) is 0 Å². The maximum absolute atomic E-state index is 11.3. The summed E-state index contributed by atoms with van der Waals surface area (Å²) in [7, 11) is 0. The minimum atomic E-state index is 0.0646. The van der Waals surface area contributed by atoms with Gasteiger partial charge in [-0.15, -0.1) is 0 Å². The summed E-state index contributed by atoms with van der Waals surface area (Å²) in [6, 6.07) is 3.99. The number of aryl methyl sites for hydroxylation is 1. The first kappa shape index (κ1) is 10.6. The number of amides is 1. The molecule has 82 valence electrons. The minimum absolute atomic E-state index is 0.0646. The lowest BCUT2D eigenvalue weighted by atomic mass is 10.1. The molecule has 0 saturated carbocycles. The molecule has 1 aromatic rings. The first-order valence-electron chi connectivity index (χ1n) is 5.39. The topological polar surface area (TPSA) is 42.0 Å². The normalized spacial score (nSPS) is 15.2. The lowest BCUT2D eigenvalue weighted by molar-refractivity contribution is -0.119. The SMILES string of the molecule is O=C1CC=CC=C(CCc2ccncc2)N1. The van der Waals surface area contributed by atoms with Crippen molar-refractivity contribution in [3.63, 3.8) is 0 Å². The number of aromatic nitrogens is 1. The molecular weight excluding hydrogens is 200 g/mol. The molecule has 0 aromatic carbocycles. The summed E-state index contributed by atoms with van der Waals surface area (Å²) in [5.74, 6) is 0.0646. The van der Waals surface area contributed by atoms with Crippen LogP contribution in [0, 0.1) is 0 Å². The van der Waals surface area contributed by atoms with Crippen molar-refractivity contribution >= 4 is 5.91 Å². The maximum atomic E-state index is 11.3. The number of rotatable bonds is 3. The van der Waals surface area contributed by atoms with Gasteiger partial charge in [-0.1, -0.05) is 12.2 Å². The largest absolute Gasteiger partial charge is 0.330 e. The van der Waals surface area contributed by atoms with E-state index in [1.807, 2.05) is 30.4 Å². The molecule has 1 N–H and O–H groups in total. The van der Waals surface area contributed by atoms with Crippen molar-refractivity contribution in [1.29, 1.82) is 0 Å². The number of nitrogens with one attached hydrogen (secondary N) is 1. The Kier molecular flexibility index (Phi) is 3.49. The van der Waals surface area contributed by atoms with E-state index in [1.165, 1.54) is 5.56 Å². The van der Waals surface area contributed by atoms with Crippen molar-refractivity contribution in [1.82, 2.24) is 10.3 Å². The van der Waals surface area contributed by atoms with Crippen LogP contribution < -0.4 is 5.32 Å². The molecule has 1 aromatic heterocycles. The number of pyridine rings is 1. The molecule has 2 heterocycles. The van der Waals surface area contributed by atoms with Gasteiger partial charge < -0.3 is 5.32 Å². The smallest absolute Gasteiger partial charge is 0.227 e. The molecule has 1 amide bonds. The fraction of sp³-hybridized carbons (Fsp3) is 0.231. The number of nitrogens with zero attached hydrogens (tertiary/aromatic N) is 1. The van der Waals surface area contributed by atoms with Crippen molar-refractivity contribution in [2.24, 2.45) is 0 Å². The standard InChI is InChI=1S/C13H14N2O/c16-13-4-2-1-3-12(15-13)6-5-11-7-9-14-10-8-11/h1-3,7-10H,4-6H2,(H,15,16). The summed E-state index contributed by atoms with van der Waals surface area (Å²) in [6.07, 6.45) is 11.6. The first-order chi connectivity index (χ1) is 7.84. The van der Waals surface area contributed by atoms with Crippen LogP contribution in [0.25, 0.3) is 0 Å². The summed E-state index contributed by atoms with van der Waals surface area (Å²) in [4.78, 5) is 15.3. The van der Waals surface area contributed by atoms with Crippen molar-refractivity contribution in [3.05, 3.63) is 54.0 Å². The van der Waals surface area contributed by atoms with Crippen molar-refractivity contribution in [3.8, 4) is 0 Å². The Hall–Kier alpha value is -1.90. The zero-order valence-corrected chi connectivity index (χ0v) is 9.02. The van der Waals surface area contributed by atoms with E-state index in [9.17, 15) is 4.79 Å². The fourth-order valence-electron chi connectivity index (χ4n) is 1.61. The van der Waals surface area contributed by atoms with E-state index in [4.69, 9.17) is 0 Å². The predicted molar refractivity (Wildman–Crippen MR) is 62.5 cm³/mol. The number of hydrogen-bond donors (Lipinski definition) is 1. The number of carbonyl (C=O) groups is 1. The van der Waals surface area contributed by atoms with E-state index in [0.717, 1.165) is 18.5 Å². The first-order valence-corrected chi connectivity index (χ1v) is 5.39. The molecule has 0 radical (unpaired) electrons. The van der Waals surface area contributed by atoms with E-state index in [1.54, 1.807) is 12.4 Å². The average Bonchev–Trinajstić information content (AvgIpc) is 2.52. The summed E-state index contributed by atoms with van der Waals surface area (Å²) in [6.45, 7) is 0. The van der Waals surface area contributed by atoms with E-state index < -0.39 is 0 Å². The monoisotopic (exact) mass is 214 g/mol. The summed E-state index contributed by atoms with van der Waals surface area (Å²) in [5.41, 5.74) is 2.22. The highest BCUT2D eigenvalue weighted by atomic mass is 16.1. The molecule has 0 bridgehead atoms. The van der Waals surface area contributed by atoms with Gasteiger partial charge >= 0.3 is 0 Å². The quantitative estimate of drug-likeness (QED) is 0.835. The van der Waals surface area contributed by atoms with Crippen LogP contribution in [0.3, 0.4) is 0 Å². The third kappa shape index (κ3) is 3.05. The molecule has 0 spiro atoms. The molecular formula is C13H14N2O. The Morgan fingerprint density at radius 3 is 2.88 bits per heavy atom. The second-order valence-corrected chi connectivity index (χ2v) is 3.73. The van der Waals surface area contributed by atoms with Gasteiger partial charge in [-0.05, 0) is 36.6 Å². The highest BCUT2D eigenvalue weighted by Gasteiger charge is 2.05. The van der Waals surface area contributed by atoms with Crippen LogP contribution in [0.1, 0.15) is 18.4 Å². The highest BCUT2D eigenvalue weighted by Crippen LogP contribution is 2.08. The molecule has 0 fully saturated rings. The Morgan fingerprint density at radius 1 is 1.25 bits per heavy atom. The van der Waals surface area contributed by atoms with Gasteiger partial charge in [-0.2, -0.15) is 0 Å². The van der Waals surface area contributed by atoms with Crippen LogP contribution >= 0.6 is 0 Å². The molecule has 0 saturated heterocycles.